The molecule has 0 spiro atoms. The summed E-state index contributed by atoms with van der Waals surface area (Å²) in [6, 6.07) is -1.05. The number of amides is 2. The summed E-state index contributed by atoms with van der Waals surface area (Å²) in [4.78, 5) is 24.7. The minimum Gasteiger partial charge on any atom is -0.480 e. The van der Waals surface area contributed by atoms with Gasteiger partial charge in [-0.15, -0.1) is 0 Å². The van der Waals surface area contributed by atoms with Crippen LogP contribution in [0.4, 0.5) is 4.79 Å². The Kier molecular flexibility index (Phi) is 3.47. The number of carbonyl (C=O) groups excluding carboxylic acids is 1. The zero-order valence-corrected chi connectivity index (χ0v) is 10.8. The Labute approximate surface area is 106 Å². The molecule has 0 bridgehead atoms. The van der Waals surface area contributed by atoms with Gasteiger partial charge in [0.2, 0.25) is 0 Å². The van der Waals surface area contributed by atoms with Crippen LogP contribution >= 0.6 is 0 Å². The number of nitrogens with one attached hydrogen (secondary N) is 1. The highest BCUT2D eigenvalue weighted by Crippen LogP contribution is 2.32. The van der Waals surface area contributed by atoms with E-state index >= 15 is 0 Å². The van der Waals surface area contributed by atoms with Crippen molar-refractivity contribution < 1.29 is 19.4 Å². The molecule has 1 aliphatic carbocycles. The molecule has 2 fully saturated rings. The van der Waals surface area contributed by atoms with Crippen LogP contribution in [0.25, 0.3) is 0 Å². The lowest BCUT2D eigenvalue weighted by molar-refractivity contribution is -0.139. The predicted molar refractivity (Wildman–Crippen MR) is 64.3 cm³/mol. The maximum Gasteiger partial charge on any atom is 0.326 e. The zero-order chi connectivity index (χ0) is 13.3. The van der Waals surface area contributed by atoms with Crippen molar-refractivity contribution in [1.82, 2.24) is 10.2 Å². The lowest BCUT2D eigenvalue weighted by Gasteiger charge is -2.38. The molecule has 0 radical (unpaired) electrons. The van der Waals surface area contributed by atoms with Crippen molar-refractivity contribution in [2.24, 2.45) is 5.92 Å². The van der Waals surface area contributed by atoms with Crippen LogP contribution < -0.4 is 5.32 Å². The average molecular weight is 256 g/mol. The van der Waals surface area contributed by atoms with Gasteiger partial charge < -0.3 is 20.1 Å². The normalized spacial score (nSPS) is 24.4. The first kappa shape index (κ1) is 13.1. The summed E-state index contributed by atoms with van der Waals surface area (Å²) in [6.07, 6.45) is 1.76. The van der Waals surface area contributed by atoms with Crippen molar-refractivity contribution in [3.8, 4) is 0 Å². The third kappa shape index (κ3) is 3.13. The topological polar surface area (TPSA) is 78.9 Å². The Morgan fingerprint density at radius 2 is 2.11 bits per heavy atom. The minimum atomic E-state index is -0.946. The van der Waals surface area contributed by atoms with E-state index in [0.29, 0.717) is 19.7 Å². The molecular formula is C12H20N2O4. The first-order valence-electron chi connectivity index (χ1n) is 6.31. The molecule has 102 valence electrons. The van der Waals surface area contributed by atoms with Crippen molar-refractivity contribution in [2.45, 2.75) is 38.3 Å². The highest BCUT2D eigenvalue weighted by Gasteiger charge is 2.39. The maximum atomic E-state index is 12.0. The van der Waals surface area contributed by atoms with Gasteiger partial charge in [0.1, 0.15) is 6.04 Å². The van der Waals surface area contributed by atoms with E-state index in [1.165, 1.54) is 0 Å². The second-order valence-corrected chi connectivity index (χ2v) is 5.63. The highest BCUT2D eigenvalue weighted by atomic mass is 16.5. The molecule has 1 aliphatic heterocycles. The Balaban J connectivity index is 1.92. The number of rotatable bonds is 3. The number of hydrogen-bond acceptors (Lipinski definition) is 3. The van der Waals surface area contributed by atoms with E-state index in [1.807, 2.05) is 13.8 Å². The summed E-state index contributed by atoms with van der Waals surface area (Å²) in [5.41, 5.74) is -0.367. The monoisotopic (exact) mass is 256 g/mol. The van der Waals surface area contributed by atoms with Gasteiger partial charge in [-0.2, -0.15) is 0 Å². The smallest absolute Gasteiger partial charge is 0.326 e. The van der Waals surface area contributed by atoms with Crippen LogP contribution in [0.3, 0.4) is 0 Å². The van der Waals surface area contributed by atoms with Crippen LogP contribution in [0.5, 0.6) is 0 Å². The summed E-state index contributed by atoms with van der Waals surface area (Å²) in [5, 5.41) is 11.7. The van der Waals surface area contributed by atoms with Gasteiger partial charge in [-0.25, -0.2) is 9.59 Å². The van der Waals surface area contributed by atoms with Crippen LogP contribution in [-0.2, 0) is 9.53 Å². The molecule has 0 aromatic heterocycles. The van der Waals surface area contributed by atoms with E-state index in [0.717, 1.165) is 12.8 Å². The van der Waals surface area contributed by atoms with Gasteiger partial charge in [-0.3, -0.25) is 0 Å². The van der Waals surface area contributed by atoms with Crippen LogP contribution in [0.1, 0.15) is 26.7 Å². The van der Waals surface area contributed by atoms with Crippen LogP contribution in [0.15, 0.2) is 0 Å². The van der Waals surface area contributed by atoms with Crippen molar-refractivity contribution in [1.29, 1.82) is 0 Å². The Morgan fingerprint density at radius 1 is 1.44 bits per heavy atom. The Hall–Kier alpha value is -1.30. The Bertz CT molecular complexity index is 352. The van der Waals surface area contributed by atoms with E-state index in [2.05, 4.69) is 5.32 Å². The van der Waals surface area contributed by atoms with Crippen molar-refractivity contribution in [3.63, 3.8) is 0 Å². The van der Waals surface area contributed by atoms with Crippen molar-refractivity contribution in [3.05, 3.63) is 0 Å². The molecule has 0 aromatic rings. The molecule has 0 aromatic carbocycles. The zero-order valence-electron chi connectivity index (χ0n) is 10.8. The second kappa shape index (κ2) is 4.76. The van der Waals surface area contributed by atoms with Gasteiger partial charge in [0.25, 0.3) is 0 Å². The SMILES string of the molecule is CC1(C)CN(C(=O)NC(C(=O)O)C2CC2)CCO1. The molecule has 2 N–H and O–H groups in total. The fraction of sp³-hybridized carbons (Fsp3) is 0.833. The third-order valence-electron chi connectivity index (χ3n) is 3.35. The number of urea groups is 1. The number of morpholine rings is 1. The molecule has 18 heavy (non-hydrogen) atoms. The Morgan fingerprint density at radius 3 is 2.61 bits per heavy atom. The van der Waals surface area contributed by atoms with E-state index in [9.17, 15) is 9.59 Å². The van der Waals surface area contributed by atoms with Crippen molar-refractivity contribution >= 4 is 12.0 Å². The van der Waals surface area contributed by atoms with Crippen LogP contribution in [0, 0.1) is 5.92 Å². The first-order chi connectivity index (χ1) is 8.39. The summed E-state index contributed by atoms with van der Waals surface area (Å²) in [6.45, 7) is 5.31. The molecule has 1 atom stereocenters. The average Bonchev–Trinajstić information content (AvgIpc) is 3.07. The van der Waals surface area contributed by atoms with Gasteiger partial charge in [0.05, 0.1) is 18.8 Å². The number of hydrogen-bond donors (Lipinski definition) is 2. The van der Waals surface area contributed by atoms with Crippen LogP contribution in [0.2, 0.25) is 0 Å². The van der Waals surface area contributed by atoms with Gasteiger partial charge in [0, 0.05) is 6.54 Å². The largest absolute Gasteiger partial charge is 0.480 e. The molecule has 1 saturated carbocycles. The van der Waals surface area contributed by atoms with Gasteiger partial charge in [-0.05, 0) is 32.6 Å². The molecule has 1 unspecified atom stereocenters. The molecule has 6 heteroatoms. The number of aliphatic carboxylic acids is 1. The molecule has 2 aliphatic rings. The third-order valence-corrected chi connectivity index (χ3v) is 3.35. The predicted octanol–water partition coefficient (Wildman–Crippen LogP) is 0.670. The van der Waals surface area contributed by atoms with Crippen molar-refractivity contribution in [2.75, 3.05) is 19.7 Å². The lowest BCUT2D eigenvalue weighted by Crippen LogP contribution is -2.56. The summed E-state index contributed by atoms with van der Waals surface area (Å²) in [5.74, 6) is -0.848. The maximum absolute atomic E-state index is 12.0. The quantitative estimate of drug-likeness (QED) is 0.778. The number of carboxylic acid groups (broad SMARTS) is 1. The minimum absolute atomic E-state index is 0.0977. The fourth-order valence-corrected chi connectivity index (χ4v) is 2.22. The van der Waals surface area contributed by atoms with Gasteiger partial charge in [0.15, 0.2) is 0 Å². The van der Waals surface area contributed by atoms with E-state index in [-0.39, 0.29) is 17.6 Å². The number of carboxylic acids is 1. The second-order valence-electron chi connectivity index (χ2n) is 5.63. The molecule has 2 amide bonds. The molecule has 2 rings (SSSR count). The molecule has 1 saturated heterocycles. The van der Waals surface area contributed by atoms with E-state index in [1.54, 1.807) is 4.90 Å². The molecular weight excluding hydrogens is 236 g/mol. The van der Waals surface area contributed by atoms with Gasteiger partial charge in [-0.1, -0.05) is 0 Å². The molecule has 6 nitrogen and oxygen atoms in total. The summed E-state index contributed by atoms with van der Waals surface area (Å²) in [7, 11) is 0. The summed E-state index contributed by atoms with van der Waals surface area (Å²) >= 11 is 0. The lowest BCUT2D eigenvalue weighted by atomic mass is 10.1. The van der Waals surface area contributed by atoms with E-state index < -0.39 is 12.0 Å². The fourth-order valence-electron chi connectivity index (χ4n) is 2.22. The standard InChI is InChI=1S/C12H20N2O4/c1-12(2)7-14(5-6-18-12)11(17)13-9(10(15)16)8-3-4-8/h8-9H,3-7H2,1-2H3,(H,13,17)(H,15,16). The number of ether oxygens (including phenoxy) is 1. The number of nitrogens with zero attached hydrogens (tertiary/aromatic N) is 1. The molecule has 1 heterocycles. The van der Waals surface area contributed by atoms with Gasteiger partial charge >= 0.3 is 12.0 Å². The van der Waals surface area contributed by atoms with Crippen LogP contribution in [-0.4, -0.2) is 53.3 Å². The summed E-state index contributed by atoms with van der Waals surface area (Å²) < 4.78 is 5.52. The number of carbonyl (C=O) groups is 2. The first-order valence-corrected chi connectivity index (χ1v) is 6.31. The highest BCUT2D eigenvalue weighted by molar-refractivity contribution is 5.83. The van der Waals surface area contributed by atoms with E-state index in [4.69, 9.17) is 9.84 Å².